The van der Waals surface area contributed by atoms with Crippen molar-refractivity contribution in [2.24, 2.45) is 0 Å². The van der Waals surface area contributed by atoms with Gasteiger partial charge in [-0.05, 0) is 73.5 Å². The number of ether oxygens (including phenoxy) is 4. The van der Waals surface area contributed by atoms with Gasteiger partial charge in [0.05, 0.1) is 19.8 Å². The van der Waals surface area contributed by atoms with E-state index in [-0.39, 0.29) is 16.9 Å². The quantitative estimate of drug-likeness (QED) is 0.303. The van der Waals surface area contributed by atoms with Crippen molar-refractivity contribution in [1.82, 2.24) is 4.90 Å². The molecular weight excluding hydrogens is 507 g/mol. The van der Waals surface area contributed by atoms with E-state index in [1.165, 1.54) is 51.7 Å². The molecule has 0 N–H and O–H groups in total. The van der Waals surface area contributed by atoms with Crippen LogP contribution in [0.1, 0.15) is 42.1 Å². The highest BCUT2D eigenvalue weighted by Gasteiger charge is 2.44. The van der Waals surface area contributed by atoms with Gasteiger partial charge in [0, 0.05) is 23.7 Å². The van der Waals surface area contributed by atoms with Crippen LogP contribution in [0.4, 0.5) is 13.2 Å². The Labute approximate surface area is 226 Å². The van der Waals surface area contributed by atoms with E-state index in [2.05, 4.69) is 4.90 Å². The van der Waals surface area contributed by atoms with E-state index in [4.69, 9.17) is 18.9 Å². The third kappa shape index (κ3) is 6.01. The van der Waals surface area contributed by atoms with E-state index < -0.39 is 17.9 Å². The van der Waals surface area contributed by atoms with Crippen LogP contribution in [0.5, 0.6) is 23.0 Å². The molecule has 0 radical (unpaired) electrons. The predicted octanol–water partition coefficient (Wildman–Crippen LogP) is 7.18. The molecule has 0 bridgehead atoms. The average molecular weight is 540 g/mol. The van der Waals surface area contributed by atoms with Gasteiger partial charge in [0.15, 0.2) is 6.10 Å². The number of fused-ring (bicyclic) bond motifs is 1. The normalized spacial score (nSPS) is 17.8. The third-order valence-corrected chi connectivity index (χ3v) is 7.23. The van der Waals surface area contributed by atoms with Crippen LogP contribution in [0, 0.1) is 0 Å². The summed E-state index contributed by atoms with van der Waals surface area (Å²) in [4.78, 5) is 2.39. The number of methoxy groups -OCH3 is 2. The predicted molar refractivity (Wildman–Crippen MR) is 144 cm³/mol. The summed E-state index contributed by atoms with van der Waals surface area (Å²) in [5.41, 5.74) is 0.268. The summed E-state index contributed by atoms with van der Waals surface area (Å²) in [7, 11) is 2.98. The Balaban J connectivity index is 1.50. The van der Waals surface area contributed by atoms with Crippen LogP contribution in [0.2, 0.25) is 0 Å². The number of halogens is 3. The fourth-order valence-electron chi connectivity index (χ4n) is 5.22. The molecule has 3 aromatic carbocycles. The molecule has 1 fully saturated rings. The summed E-state index contributed by atoms with van der Waals surface area (Å²) in [6, 6.07) is 18.1. The molecule has 1 atom stereocenters. The summed E-state index contributed by atoms with van der Waals surface area (Å²) in [6.07, 6.45) is -1.91. The van der Waals surface area contributed by atoms with E-state index >= 15 is 0 Å². The standard InChI is InChI=1S/C31H32F3NO4/c1-36-23-10-6-21(7-11-23)28-29(31(32,33)34)26-15-14-25(37-2)20-27(26)39-30(28)22-8-12-24(13-9-22)38-19-18-35-16-4-3-5-17-35/h6-15,20,30H,3-5,16-19H2,1-2H3. The lowest BCUT2D eigenvalue weighted by Crippen LogP contribution is -2.33. The summed E-state index contributed by atoms with van der Waals surface area (Å²) >= 11 is 0. The van der Waals surface area contributed by atoms with E-state index in [1.807, 2.05) is 0 Å². The highest BCUT2D eigenvalue weighted by Crippen LogP contribution is 2.53. The van der Waals surface area contributed by atoms with Gasteiger partial charge in [-0.2, -0.15) is 13.2 Å². The van der Waals surface area contributed by atoms with Gasteiger partial charge in [0.2, 0.25) is 0 Å². The van der Waals surface area contributed by atoms with Crippen molar-refractivity contribution < 1.29 is 32.1 Å². The lowest BCUT2D eigenvalue weighted by Gasteiger charge is -2.33. The van der Waals surface area contributed by atoms with Crippen LogP contribution >= 0.6 is 0 Å². The summed E-state index contributed by atoms with van der Waals surface area (Å²) < 4.78 is 66.9. The second-order valence-electron chi connectivity index (χ2n) is 9.69. The number of hydrogen-bond acceptors (Lipinski definition) is 5. The number of alkyl halides is 3. The first-order valence-corrected chi connectivity index (χ1v) is 13.1. The molecule has 0 saturated carbocycles. The van der Waals surface area contributed by atoms with Crippen molar-refractivity contribution in [1.29, 1.82) is 0 Å². The second-order valence-corrected chi connectivity index (χ2v) is 9.69. The smallest absolute Gasteiger partial charge is 0.417 e. The molecule has 206 valence electrons. The van der Waals surface area contributed by atoms with Gasteiger partial charge >= 0.3 is 6.18 Å². The highest BCUT2D eigenvalue weighted by molar-refractivity contribution is 5.98. The van der Waals surface area contributed by atoms with Gasteiger partial charge in [-0.1, -0.05) is 30.7 Å². The summed E-state index contributed by atoms with van der Waals surface area (Å²) in [6.45, 7) is 3.60. The third-order valence-electron chi connectivity index (χ3n) is 7.23. The Kier molecular flexibility index (Phi) is 8.02. The summed E-state index contributed by atoms with van der Waals surface area (Å²) in [5, 5.41) is 0. The topological polar surface area (TPSA) is 40.2 Å². The van der Waals surface area contributed by atoms with Crippen molar-refractivity contribution in [3.8, 4) is 23.0 Å². The Morgan fingerprint density at radius 3 is 2.10 bits per heavy atom. The van der Waals surface area contributed by atoms with Gasteiger partial charge in [-0.3, -0.25) is 4.90 Å². The van der Waals surface area contributed by atoms with Gasteiger partial charge in [0.1, 0.15) is 29.6 Å². The molecule has 2 aliphatic rings. The number of likely N-dealkylation sites (tertiary alicyclic amines) is 1. The Bertz CT molecular complexity index is 1300. The number of benzene rings is 3. The fourth-order valence-corrected chi connectivity index (χ4v) is 5.22. The lowest BCUT2D eigenvalue weighted by atomic mass is 9.85. The molecule has 8 heteroatoms. The number of nitrogens with zero attached hydrogens (tertiary/aromatic N) is 1. The van der Waals surface area contributed by atoms with Crippen LogP contribution in [0.15, 0.2) is 66.7 Å². The fraction of sp³-hybridized carbons (Fsp3) is 0.355. The number of piperidine rings is 1. The SMILES string of the molecule is COc1ccc(C2=C(C(F)(F)F)c3ccc(OC)cc3OC2c2ccc(OCCN3CCCCC3)cc2)cc1. The molecule has 0 amide bonds. The number of hydrogen-bond donors (Lipinski definition) is 0. The molecule has 1 saturated heterocycles. The minimum absolute atomic E-state index is 0.0250. The molecule has 39 heavy (non-hydrogen) atoms. The molecule has 5 rings (SSSR count). The maximum absolute atomic E-state index is 14.7. The average Bonchev–Trinajstić information content (AvgIpc) is 2.96. The monoisotopic (exact) mass is 539 g/mol. The van der Waals surface area contributed by atoms with Crippen molar-refractivity contribution in [3.05, 3.63) is 83.4 Å². The zero-order chi connectivity index (χ0) is 27.4. The highest BCUT2D eigenvalue weighted by atomic mass is 19.4. The van der Waals surface area contributed by atoms with Crippen molar-refractivity contribution in [2.75, 3.05) is 40.5 Å². The van der Waals surface area contributed by atoms with Crippen LogP contribution < -0.4 is 18.9 Å². The van der Waals surface area contributed by atoms with Crippen molar-refractivity contribution >= 4 is 11.1 Å². The molecule has 2 heterocycles. The van der Waals surface area contributed by atoms with Crippen LogP contribution in [0.25, 0.3) is 11.1 Å². The maximum atomic E-state index is 14.7. The van der Waals surface area contributed by atoms with Gasteiger partial charge in [0.25, 0.3) is 0 Å². The zero-order valence-corrected chi connectivity index (χ0v) is 22.1. The molecule has 0 aromatic heterocycles. The first-order valence-electron chi connectivity index (χ1n) is 13.1. The number of allylic oxidation sites excluding steroid dienone is 1. The van der Waals surface area contributed by atoms with Gasteiger partial charge in [-0.25, -0.2) is 0 Å². The maximum Gasteiger partial charge on any atom is 0.417 e. The molecule has 0 spiro atoms. The van der Waals surface area contributed by atoms with Crippen molar-refractivity contribution in [3.63, 3.8) is 0 Å². The molecule has 2 aliphatic heterocycles. The zero-order valence-electron chi connectivity index (χ0n) is 22.1. The summed E-state index contributed by atoms with van der Waals surface area (Å²) in [5.74, 6) is 1.75. The molecule has 5 nitrogen and oxygen atoms in total. The van der Waals surface area contributed by atoms with Gasteiger partial charge < -0.3 is 18.9 Å². The Hall–Kier alpha value is -3.65. The van der Waals surface area contributed by atoms with Crippen LogP contribution in [0.3, 0.4) is 0 Å². The molecule has 0 aliphatic carbocycles. The van der Waals surface area contributed by atoms with Crippen LogP contribution in [-0.2, 0) is 0 Å². The Morgan fingerprint density at radius 1 is 0.821 bits per heavy atom. The number of rotatable bonds is 8. The van der Waals surface area contributed by atoms with Gasteiger partial charge in [-0.15, -0.1) is 0 Å². The first kappa shape index (κ1) is 26.9. The van der Waals surface area contributed by atoms with E-state index in [0.717, 1.165) is 19.6 Å². The molecular formula is C31H32F3NO4. The molecule has 3 aromatic rings. The van der Waals surface area contributed by atoms with E-state index in [9.17, 15) is 13.2 Å². The molecule has 1 unspecified atom stereocenters. The first-order chi connectivity index (χ1) is 18.9. The van der Waals surface area contributed by atoms with Crippen molar-refractivity contribution in [2.45, 2.75) is 31.5 Å². The van der Waals surface area contributed by atoms with Crippen LogP contribution in [-0.4, -0.2) is 51.5 Å². The van der Waals surface area contributed by atoms with E-state index in [0.29, 0.717) is 35.0 Å². The minimum Gasteiger partial charge on any atom is -0.497 e. The largest absolute Gasteiger partial charge is 0.497 e. The lowest BCUT2D eigenvalue weighted by molar-refractivity contribution is -0.0695. The van der Waals surface area contributed by atoms with E-state index in [1.54, 1.807) is 48.5 Å². The minimum atomic E-state index is -4.63. The Morgan fingerprint density at radius 2 is 1.46 bits per heavy atom. The second kappa shape index (κ2) is 11.6.